The van der Waals surface area contributed by atoms with Gasteiger partial charge in [-0.25, -0.2) is 18.4 Å². The predicted octanol–water partition coefficient (Wildman–Crippen LogP) is 0.628. The molecule has 0 atom stereocenters. The van der Waals surface area contributed by atoms with Gasteiger partial charge >= 0.3 is 0 Å². The van der Waals surface area contributed by atoms with Crippen LogP contribution in [0.3, 0.4) is 0 Å². The number of amides is 1. The molecule has 0 spiro atoms. The average molecular weight is 333 g/mol. The van der Waals surface area contributed by atoms with Gasteiger partial charge in [0.2, 0.25) is 10.0 Å². The molecule has 1 aromatic rings. The van der Waals surface area contributed by atoms with Crippen molar-refractivity contribution in [3.8, 4) is 0 Å². The van der Waals surface area contributed by atoms with Crippen LogP contribution in [-0.2, 0) is 10.0 Å². The maximum Gasteiger partial charge on any atom is 0.274 e. The summed E-state index contributed by atoms with van der Waals surface area (Å²) >= 11 is 5.63. The topological polar surface area (TPSA) is 83.5 Å². The summed E-state index contributed by atoms with van der Waals surface area (Å²) in [6.07, 6.45) is 3.23. The predicted molar refractivity (Wildman–Crippen MR) is 78.6 cm³/mol. The molecule has 0 N–H and O–H groups in total. The first-order valence-electron chi connectivity index (χ1n) is 6.68. The van der Waals surface area contributed by atoms with Crippen molar-refractivity contribution in [1.29, 1.82) is 0 Å². The first kappa shape index (κ1) is 16.1. The molecule has 1 aromatic heterocycles. The smallest absolute Gasteiger partial charge is 0.274 e. The SMILES string of the molecule is CCCS(=O)(=O)N1CCN(C(=O)c2cnc(Cl)cn2)CC1. The molecule has 1 fully saturated rings. The number of piperazine rings is 1. The van der Waals surface area contributed by atoms with Gasteiger partial charge in [-0.05, 0) is 6.42 Å². The standard InChI is InChI=1S/C12H17ClN4O3S/c1-2-7-21(19,20)17-5-3-16(4-6-17)12(18)10-8-15-11(13)9-14-10/h8-9H,2-7H2,1H3. The second-order valence-electron chi connectivity index (χ2n) is 4.73. The molecule has 0 aliphatic carbocycles. The van der Waals surface area contributed by atoms with Gasteiger partial charge < -0.3 is 4.90 Å². The number of rotatable bonds is 4. The highest BCUT2D eigenvalue weighted by molar-refractivity contribution is 7.89. The van der Waals surface area contributed by atoms with E-state index in [-0.39, 0.29) is 22.5 Å². The number of halogens is 1. The molecule has 1 saturated heterocycles. The summed E-state index contributed by atoms with van der Waals surface area (Å²) in [7, 11) is -3.20. The fourth-order valence-corrected chi connectivity index (χ4v) is 3.73. The lowest BCUT2D eigenvalue weighted by atomic mass is 10.3. The Balaban J connectivity index is 1.98. The Kier molecular flexibility index (Phi) is 5.13. The third kappa shape index (κ3) is 3.90. The molecule has 1 aliphatic rings. The highest BCUT2D eigenvalue weighted by Crippen LogP contribution is 2.12. The lowest BCUT2D eigenvalue weighted by molar-refractivity contribution is 0.0691. The van der Waals surface area contributed by atoms with Crippen LogP contribution in [0.15, 0.2) is 12.4 Å². The van der Waals surface area contributed by atoms with Gasteiger partial charge in [0, 0.05) is 26.2 Å². The van der Waals surface area contributed by atoms with Crippen molar-refractivity contribution in [2.45, 2.75) is 13.3 Å². The van der Waals surface area contributed by atoms with E-state index in [1.54, 1.807) is 4.90 Å². The van der Waals surface area contributed by atoms with Crippen LogP contribution in [0, 0.1) is 0 Å². The van der Waals surface area contributed by atoms with E-state index in [1.165, 1.54) is 16.7 Å². The highest BCUT2D eigenvalue weighted by atomic mass is 35.5. The Morgan fingerprint density at radius 2 is 1.90 bits per heavy atom. The van der Waals surface area contributed by atoms with Gasteiger partial charge in [0.05, 0.1) is 18.1 Å². The van der Waals surface area contributed by atoms with Gasteiger partial charge in [0.15, 0.2) is 0 Å². The number of hydrogen-bond acceptors (Lipinski definition) is 5. The molecule has 0 radical (unpaired) electrons. The van der Waals surface area contributed by atoms with Crippen molar-refractivity contribution in [2.24, 2.45) is 0 Å². The Labute approximate surface area is 129 Å². The Hall–Kier alpha value is -1.25. The number of hydrogen-bond donors (Lipinski definition) is 0. The second-order valence-corrected chi connectivity index (χ2v) is 7.21. The summed E-state index contributed by atoms with van der Waals surface area (Å²) in [5.74, 6) is -0.115. The van der Waals surface area contributed by atoms with Gasteiger partial charge in [-0.2, -0.15) is 4.31 Å². The summed E-state index contributed by atoms with van der Waals surface area (Å²) in [5.41, 5.74) is 0.212. The molecule has 1 aliphatic heterocycles. The zero-order valence-electron chi connectivity index (χ0n) is 11.7. The van der Waals surface area contributed by atoms with Crippen molar-refractivity contribution in [3.05, 3.63) is 23.2 Å². The molecule has 2 heterocycles. The number of nitrogens with zero attached hydrogens (tertiary/aromatic N) is 4. The van der Waals surface area contributed by atoms with Crippen LogP contribution in [0.4, 0.5) is 0 Å². The van der Waals surface area contributed by atoms with E-state index < -0.39 is 10.0 Å². The van der Waals surface area contributed by atoms with Crippen LogP contribution in [-0.4, -0.2) is 65.4 Å². The van der Waals surface area contributed by atoms with E-state index in [1.807, 2.05) is 6.92 Å². The summed E-state index contributed by atoms with van der Waals surface area (Å²) in [5, 5.41) is 0.224. The lowest BCUT2D eigenvalue weighted by Gasteiger charge is -2.33. The minimum absolute atomic E-state index is 0.142. The fourth-order valence-electron chi connectivity index (χ4n) is 2.14. The molecule has 21 heavy (non-hydrogen) atoms. The monoisotopic (exact) mass is 332 g/mol. The van der Waals surface area contributed by atoms with Crippen molar-refractivity contribution in [3.63, 3.8) is 0 Å². The van der Waals surface area contributed by atoms with Gasteiger partial charge in [-0.1, -0.05) is 18.5 Å². The Morgan fingerprint density at radius 1 is 1.24 bits per heavy atom. The Morgan fingerprint density at radius 3 is 2.43 bits per heavy atom. The summed E-state index contributed by atoms with van der Waals surface area (Å²) in [6, 6.07) is 0. The highest BCUT2D eigenvalue weighted by Gasteiger charge is 2.29. The van der Waals surface area contributed by atoms with Gasteiger partial charge in [-0.15, -0.1) is 0 Å². The zero-order valence-corrected chi connectivity index (χ0v) is 13.3. The summed E-state index contributed by atoms with van der Waals surface area (Å²) in [4.78, 5) is 21.5. The molecule has 0 saturated carbocycles. The van der Waals surface area contributed by atoms with Gasteiger partial charge in [0.1, 0.15) is 10.8 Å². The van der Waals surface area contributed by atoms with E-state index in [2.05, 4.69) is 9.97 Å². The number of sulfonamides is 1. The largest absolute Gasteiger partial charge is 0.335 e. The van der Waals surface area contributed by atoms with E-state index in [0.717, 1.165) is 0 Å². The summed E-state index contributed by atoms with van der Waals surface area (Å²) < 4.78 is 25.3. The average Bonchev–Trinajstić information content (AvgIpc) is 2.47. The first-order chi connectivity index (χ1) is 9.94. The number of carbonyl (C=O) groups excluding carboxylic acids is 1. The second kappa shape index (κ2) is 6.67. The molecule has 7 nitrogen and oxygen atoms in total. The van der Waals surface area contributed by atoms with Crippen molar-refractivity contribution in [2.75, 3.05) is 31.9 Å². The fraction of sp³-hybridized carbons (Fsp3) is 0.583. The molecule has 9 heteroatoms. The maximum atomic E-state index is 12.2. The van der Waals surface area contributed by atoms with Crippen molar-refractivity contribution < 1.29 is 13.2 Å². The third-order valence-corrected chi connectivity index (χ3v) is 5.49. The maximum absolute atomic E-state index is 12.2. The zero-order chi connectivity index (χ0) is 15.5. The molecule has 2 rings (SSSR count). The molecule has 1 amide bonds. The molecule has 116 valence electrons. The van der Waals surface area contributed by atoms with E-state index in [0.29, 0.717) is 32.6 Å². The Bertz CT molecular complexity index is 597. The quantitative estimate of drug-likeness (QED) is 0.807. The van der Waals surface area contributed by atoms with Gasteiger partial charge in [0.25, 0.3) is 5.91 Å². The van der Waals surface area contributed by atoms with Gasteiger partial charge in [-0.3, -0.25) is 4.79 Å². The van der Waals surface area contributed by atoms with Crippen LogP contribution >= 0.6 is 11.6 Å². The minimum Gasteiger partial charge on any atom is -0.335 e. The first-order valence-corrected chi connectivity index (χ1v) is 8.67. The number of carbonyl (C=O) groups is 1. The van der Waals surface area contributed by atoms with Crippen LogP contribution in [0.2, 0.25) is 5.15 Å². The van der Waals surface area contributed by atoms with Crippen molar-refractivity contribution in [1.82, 2.24) is 19.2 Å². The van der Waals surface area contributed by atoms with E-state index in [9.17, 15) is 13.2 Å². The lowest BCUT2D eigenvalue weighted by Crippen LogP contribution is -2.51. The molecular weight excluding hydrogens is 316 g/mol. The van der Waals surface area contributed by atoms with E-state index >= 15 is 0 Å². The van der Waals surface area contributed by atoms with E-state index in [4.69, 9.17) is 11.6 Å². The van der Waals surface area contributed by atoms with Crippen molar-refractivity contribution >= 4 is 27.5 Å². The molecule has 0 bridgehead atoms. The minimum atomic E-state index is -3.20. The molecule has 0 unspecified atom stereocenters. The number of aromatic nitrogens is 2. The molecular formula is C12H17ClN4O3S. The van der Waals surface area contributed by atoms with Crippen LogP contribution in [0.5, 0.6) is 0 Å². The van der Waals surface area contributed by atoms with Crippen LogP contribution in [0.25, 0.3) is 0 Å². The normalized spacial score (nSPS) is 17.0. The van der Waals surface area contributed by atoms with Crippen LogP contribution < -0.4 is 0 Å². The third-order valence-electron chi connectivity index (χ3n) is 3.22. The molecule has 0 aromatic carbocycles. The van der Waals surface area contributed by atoms with Crippen LogP contribution in [0.1, 0.15) is 23.8 Å². The summed E-state index contributed by atoms with van der Waals surface area (Å²) in [6.45, 7) is 3.17.